The number of carboxylic acids is 1. The maximum atomic E-state index is 12.9. The molecule has 2 nitrogen and oxygen atoms in total. The lowest BCUT2D eigenvalue weighted by Gasteiger charge is -2.12. The first-order valence-electron chi connectivity index (χ1n) is 5.96. The van der Waals surface area contributed by atoms with Crippen LogP contribution in [0.2, 0.25) is 0 Å². The third-order valence-electron chi connectivity index (χ3n) is 2.78. The molecule has 0 aliphatic carbocycles. The van der Waals surface area contributed by atoms with Gasteiger partial charge in [0.05, 0.1) is 11.1 Å². The Morgan fingerprint density at radius 2 is 1.62 bits per heavy atom. The smallest absolute Gasteiger partial charge is 0.417 e. The standard InChI is InChI=1S/C15H11F3O2S/c1-9-2-4-10(5-3-9)21-11-6-7-12(14(19)20)13(8-11)15(16,17)18/h2-8H,1H3,(H,19,20). The highest BCUT2D eigenvalue weighted by molar-refractivity contribution is 7.99. The molecule has 0 bridgehead atoms. The number of halogens is 3. The fraction of sp³-hybridized carbons (Fsp3) is 0.133. The van der Waals surface area contributed by atoms with Gasteiger partial charge in [0.2, 0.25) is 0 Å². The molecule has 0 heterocycles. The Hall–Kier alpha value is -1.95. The van der Waals surface area contributed by atoms with E-state index in [9.17, 15) is 18.0 Å². The molecule has 0 atom stereocenters. The van der Waals surface area contributed by atoms with Gasteiger partial charge in [0.25, 0.3) is 0 Å². The number of aromatic carboxylic acids is 1. The zero-order chi connectivity index (χ0) is 15.6. The maximum absolute atomic E-state index is 12.9. The summed E-state index contributed by atoms with van der Waals surface area (Å²) < 4.78 is 38.7. The van der Waals surface area contributed by atoms with Crippen molar-refractivity contribution in [2.75, 3.05) is 0 Å². The first-order chi connectivity index (χ1) is 9.77. The van der Waals surface area contributed by atoms with Crippen molar-refractivity contribution in [1.29, 1.82) is 0 Å². The first kappa shape index (κ1) is 15.4. The predicted molar refractivity (Wildman–Crippen MR) is 73.7 cm³/mol. The van der Waals surface area contributed by atoms with Crippen molar-refractivity contribution in [3.63, 3.8) is 0 Å². The molecule has 0 amide bonds. The Balaban J connectivity index is 2.38. The summed E-state index contributed by atoms with van der Waals surface area (Å²) in [5, 5.41) is 8.83. The van der Waals surface area contributed by atoms with Crippen LogP contribution in [-0.2, 0) is 6.18 Å². The van der Waals surface area contributed by atoms with Crippen molar-refractivity contribution in [3.05, 3.63) is 59.2 Å². The van der Waals surface area contributed by atoms with Gasteiger partial charge in [-0.3, -0.25) is 0 Å². The molecule has 0 saturated heterocycles. The van der Waals surface area contributed by atoms with Gasteiger partial charge in [0.15, 0.2) is 0 Å². The molecule has 6 heteroatoms. The molecular formula is C15H11F3O2S. The molecule has 21 heavy (non-hydrogen) atoms. The molecular weight excluding hydrogens is 301 g/mol. The van der Waals surface area contributed by atoms with Gasteiger partial charge < -0.3 is 5.11 Å². The number of benzene rings is 2. The van der Waals surface area contributed by atoms with Crippen molar-refractivity contribution >= 4 is 17.7 Å². The van der Waals surface area contributed by atoms with E-state index in [4.69, 9.17) is 5.11 Å². The Kier molecular flexibility index (Phi) is 4.27. The predicted octanol–water partition coefficient (Wildman–Crippen LogP) is 4.86. The molecule has 2 aromatic carbocycles. The molecule has 2 rings (SSSR count). The van der Waals surface area contributed by atoms with Gasteiger partial charge in [-0.05, 0) is 37.3 Å². The summed E-state index contributed by atoms with van der Waals surface area (Å²) >= 11 is 1.15. The maximum Gasteiger partial charge on any atom is 0.417 e. The highest BCUT2D eigenvalue weighted by Gasteiger charge is 2.35. The van der Waals surface area contributed by atoms with E-state index in [1.165, 1.54) is 6.07 Å². The van der Waals surface area contributed by atoms with Gasteiger partial charge in [-0.25, -0.2) is 4.79 Å². The lowest BCUT2D eigenvalue weighted by atomic mass is 10.1. The molecule has 0 spiro atoms. The summed E-state index contributed by atoms with van der Waals surface area (Å²) in [5.41, 5.74) is -0.820. The largest absolute Gasteiger partial charge is 0.478 e. The van der Waals surface area contributed by atoms with Crippen LogP contribution >= 0.6 is 11.8 Å². The number of carboxylic acid groups (broad SMARTS) is 1. The van der Waals surface area contributed by atoms with Gasteiger partial charge in [0, 0.05) is 9.79 Å². The van der Waals surface area contributed by atoms with Gasteiger partial charge in [-0.2, -0.15) is 13.2 Å². The number of hydrogen-bond acceptors (Lipinski definition) is 2. The zero-order valence-electron chi connectivity index (χ0n) is 10.9. The summed E-state index contributed by atoms with van der Waals surface area (Å²) in [6.45, 7) is 1.91. The number of carbonyl (C=O) groups is 1. The topological polar surface area (TPSA) is 37.3 Å². The van der Waals surface area contributed by atoms with Crippen molar-refractivity contribution in [2.24, 2.45) is 0 Å². The van der Waals surface area contributed by atoms with Gasteiger partial charge in [0.1, 0.15) is 0 Å². The highest BCUT2D eigenvalue weighted by atomic mass is 32.2. The van der Waals surface area contributed by atoms with Crippen LogP contribution in [-0.4, -0.2) is 11.1 Å². The minimum absolute atomic E-state index is 0.344. The molecule has 0 saturated carbocycles. The Morgan fingerprint density at radius 1 is 1.05 bits per heavy atom. The Morgan fingerprint density at radius 3 is 2.14 bits per heavy atom. The van der Waals surface area contributed by atoms with E-state index in [2.05, 4.69) is 0 Å². The van der Waals surface area contributed by atoms with Gasteiger partial charge in [-0.1, -0.05) is 29.5 Å². The van der Waals surface area contributed by atoms with E-state index in [0.717, 1.165) is 34.4 Å². The van der Waals surface area contributed by atoms with E-state index in [-0.39, 0.29) is 0 Å². The second kappa shape index (κ2) is 5.81. The molecule has 0 aliphatic heterocycles. The van der Waals surface area contributed by atoms with E-state index in [1.54, 1.807) is 12.1 Å². The lowest BCUT2D eigenvalue weighted by molar-refractivity contribution is -0.138. The average Bonchev–Trinajstić information content (AvgIpc) is 2.40. The third-order valence-corrected chi connectivity index (χ3v) is 3.78. The van der Waals surface area contributed by atoms with Crippen LogP contribution in [0.15, 0.2) is 52.3 Å². The number of hydrogen-bond donors (Lipinski definition) is 1. The number of rotatable bonds is 3. The minimum Gasteiger partial charge on any atom is -0.478 e. The molecule has 1 N–H and O–H groups in total. The second-order valence-corrected chi connectivity index (χ2v) is 5.57. The van der Waals surface area contributed by atoms with Crippen LogP contribution in [0.25, 0.3) is 0 Å². The molecule has 0 radical (unpaired) electrons. The van der Waals surface area contributed by atoms with Gasteiger partial charge >= 0.3 is 12.1 Å². The fourth-order valence-corrected chi connectivity index (χ4v) is 2.61. The summed E-state index contributed by atoms with van der Waals surface area (Å²) in [7, 11) is 0. The second-order valence-electron chi connectivity index (χ2n) is 4.43. The van der Waals surface area contributed by atoms with E-state index >= 15 is 0 Å². The monoisotopic (exact) mass is 312 g/mol. The summed E-state index contributed by atoms with van der Waals surface area (Å²) in [4.78, 5) is 12.0. The molecule has 0 aromatic heterocycles. The van der Waals surface area contributed by atoms with Crippen molar-refractivity contribution in [2.45, 2.75) is 22.9 Å². The molecule has 0 aliphatic rings. The van der Waals surface area contributed by atoms with E-state index in [1.807, 2.05) is 19.1 Å². The van der Waals surface area contributed by atoms with Crippen LogP contribution in [0.4, 0.5) is 13.2 Å². The lowest BCUT2D eigenvalue weighted by Crippen LogP contribution is -2.12. The van der Waals surface area contributed by atoms with Crippen molar-refractivity contribution in [1.82, 2.24) is 0 Å². The number of alkyl halides is 3. The zero-order valence-corrected chi connectivity index (χ0v) is 11.8. The van der Waals surface area contributed by atoms with Crippen LogP contribution in [0, 0.1) is 6.92 Å². The first-order valence-corrected chi connectivity index (χ1v) is 6.78. The number of aryl methyl sites for hydroxylation is 1. The quantitative estimate of drug-likeness (QED) is 0.879. The van der Waals surface area contributed by atoms with Crippen molar-refractivity contribution in [3.8, 4) is 0 Å². The average molecular weight is 312 g/mol. The van der Waals surface area contributed by atoms with Crippen LogP contribution in [0.1, 0.15) is 21.5 Å². The Labute approximate surface area is 123 Å². The molecule has 0 fully saturated rings. The summed E-state index contributed by atoms with van der Waals surface area (Å²) in [5.74, 6) is -1.59. The van der Waals surface area contributed by atoms with Gasteiger partial charge in [-0.15, -0.1) is 0 Å². The van der Waals surface area contributed by atoms with Crippen LogP contribution in [0.5, 0.6) is 0 Å². The fourth-order valence-electron chi connectivity index (χ4n) is 1.75. The summed E-state index contributed by atoms with van der Waals surface area (Å²) in [6.07, 6.45) is -4.70. The summed E-state index contributed by atoms with van der Waals surface area (Å²) in [6, 6.07) is 10.6. The van der Waals surface area contributed by atoms with Crippen molar-refractivity contribution < 1.29 is 23.1 Å². The van der Waals surface area contributed by atoms with E-state index in [0.29, 0.717) is 4.90 Å². The van der Waals surface area contributed by atoms with Crippen LogP contribution in [0.3, 0.4) is 0 Å². The SMILES string of the molecule is Cc1ccc(Sc2ccc(C(=O)O)c(C(F)(F)F)c2)cc1. The Bertz CT molecular complexity index is 664. The van der Waals surface area contributed by atoms with Crippen LogP contribution < -0.4 is 0 Å². The van der Waals surface area contributed by atoms with E-state index < -0.39 is 23.3 Å². The minimum atomic E-state index is -4.70. The molecule has 0 unspecified atom stereocenters. The highest BCUT2D eigenvalue weighted by Crippen LogP contribution is 2.36. The molecule has 110 valence electrons. The third kappa shape index (κ3) is 3.78. The molecule has 2 aromatic rings. The normalized spacial score (nSPS) is 11.4.